The molecule has 0 saturated heterocycles. The number of para-hydroxylation sites is 1. The molecule has 7 heteroatoms. The Balaban J connectivity index is 1.68. The smallest absolute Gasteiger partial charge is 0.227 e. The minimum absolute atomic E-state index is 0.168. The molecule has 0 unspecified atom stereocenters. The molecule has 5 rings (SSSR count). The molecule has 0 aliphatic carbocycles. The summed E-state index contributed by atoms with van der Waals surface area (Å²) < 4.78 is 4.16. The fourth-order valence-electron chi connectivity index (χ4n) is 3.78. The number of anilines is 2. The van der Waals surface area contributed by atoms with E-state index in [4.69, 9.17) is 4.98 Å². The second-order valence-corrected chi connectivity index (χ2v) is 8.31. The number of rotatable bonds is 4. The first-order valence-electron chi connectivity index (χ1n) is 10.2. The zero-order chi connectivity index (χ0) is 21.4. The van der Waals surface area contributed by atoms with Gasteiger partial charge in [-0.05, 0) is 63.2 Å². The Bertz CT molecular complexity index is 1330. The SMILES string of the molecule is CC(C)(C)n1c(-c2ccccc2-n2cccn2)nc2cc(Nc3ncccn3)ccc21. The zero-order valence-electron chi connectivity index (χ0n) is 17.7. The van der Waals surface area contributed by atoms with Crippen molar-refractivity contribution in [2.75, 3.05) is 5.32 Å². The maximum atomic E-state index is 5.06. The standard InChI is InChI=1S/C24H23N7/c1-24(2,3)31-21-11-10-17(28-23-25-12-6-13-26-23)16-19(21)29-22(31)18-8-4-5-9-20(18)30-15-7-14-27-30/h4-16H,1-3H3,(H,25,26,28). The number of nitrogens with one attached hydrogen (secondary N) is 1. The first kappa shape index (κ1) is 19.0. The molecular formula is C24H23N7. The molecule has 2 aromatic carbocycles. The molecule has 7 nitrogen and oxygen atoms in total. The Morgan fingerprint density at radius 3 is 2.42 bits per heavy atom. The zero-order valence-corrected chi connectivity index (χ0v) is 17.7. The Hall–Kier alpha value is -4.00. The number of fused-ring (bicyclic) bond motifs is 1. The van der Waals surface area contributed by atoms with E-state index < -0.39 is 0 Å². The summed E-state index contributed by atoms with van der Waals surface area (Å²) in [6.07, 6.45) is 7.16. The van der Waals surface area contributed by atoms with Gasteiger partial charge in [-0.1, -0.05) is 12.1 Å². The molecule has 0 bridgehead atoms. The highest BCUT2D eigenvalue weighted by atomic mass is 15.3. The van der Waals surface area contributed by atoms with Crippen molar-refractivity contribution in [2.24, 2.45) is 0 Å². The molecule has 5 aromatic rings. The summed E-state index contributed by atoms with van der Waals surface area (Å²) in [6.45, 7) is 6.58. The van der Waals surface area contributed by atoms with Gasteiger partial charge in [-0.3, -0.25) is 0 Å². The van der Waals surface area contributed by atoms with Crippen LogP contribution in [0.5, 0.6) is 0 Å². The van der Waals surface area contributed by atoms with Crippen LogP contribution in [0.15, 0.2) is 79.4 Å². The van der Waals surface area contributed by atoms with E-state index in [0.29, 0.717) is 5.95 Å². The summed E-state index contributed by atoms with van der Waals surface area (Å²) in [6, 6.07) is 18.1. The van der Waals surface area contributed by atoms with Crippen LogP contribution in [0.25, 0.3) is 28.1 Å². The molecule has 0 fully saturated rings. The van der Waals surface area contributed by atoms with E-state index in [0.717, 1.165) is 33.8 Å². The van der Waals surface area contributed by atoms with E-state index in [2.05, 4.69) is 63.9 Å². The molecule has 31 heavy (non-hydrogen) atoms. The van der Waals surface area contributed by atoms with Crippen molar-refractivity contribution >= 4 is 22.7 Å². The fraction of sp³-hybridized carbons (Fsp3) is 0.167. The predicted molar refractivity (Wildman–Crippen MR) is 123 cm³/mol. The van der Waals surface area contributed by atoms with Crippen molar-refractivity contribution in [3.05, 3.63) is 79.4 Å². The van der Waals surface area contributed by atoms with Gasteiger partial charge in [0.05, 0.1) is 16.7 Å². The molecule has 3 heterocycles. The van der Waals surface area contributed by atoms with Gasteiger partial charge in [0.2, 0.25) is 5.95 Å². The minimum atomic E-state index is -0.168. The molecule has 1 N–H and O–H groups in total. The van der Waals surface area contributed by atoms with Gasteiger partial charge in [0.25, 0.3) is 0 Å². The number of imidazole rings is 1. The van der Waals surface area contributed by atoms with Gasteiger partial charge in [0.15, 0.2) is 0 Å². The highest BCUT2D eigenvalue weighted by Gasteiger charge is 2.24. The van der Waals surface area contributed by atoms with Gasteiger partial charge in [-0.25, -0.2) is 19.6 Å². The van der Waals surface area contributed by atoms with Gasteiger partial charge >= 0.3 is 0 Å². The molecule has 0 aliphatic heterocycles. The second-order valence-electron chi connectivity index (χ2n) is 8.31. The maximum Gasteiger partial charge on any atom is 0.227 e. The molecule has 0 radical (unpaired) electrons. The van der Waals surface area contributed by atoms with Crippen LogP contribution >= 0.6 is 0 Å². The molecule has 0 amide bonds. The van der Waals surface area contributed by atoms with Crippen LogP contribution in [0.1, 0.15) is 20.8 Å². The van der Waals surface area contributed by atoms with Crippen molar-refractivity contribution in [2.45, 2.75) is 26.3 Å². The van der Waals surface area contributed by atoms with Crippen molar-refractivity contribution in [1.82, 2.24) is 29.3 Å². The van der Waals surface area contributed by atoms with E-state index in [1.54, 1.807) is 24.7 Å². The van der Waals surface area contributed by atoms with Gasteiger partial charge in [-0.2, -0.15) is 5.10 Å². The first-order valence-corrected chi connectivity index (χ1v) is 10.2. The molecule has 0 spiro atoms. The molecule has 0 saturated carbocycles. The van der Waals surface area contributed by atoms with Crippen LogP contribution in [0.3, 0.4) is 0 Å². The summed E-state index contributed by atoms with van der Waals surface area (Å²) in [5.41, 5.74) is 4.71. The van der Waals surface area contributed by atoms with Crippen LogP contribution in [0.4, 0.5) is 11.6 Å². The number of nitrogens with zero attached hydrogens (tertiary/aromatic N) is 6. The largest absolute Gasteiger partial charge is 0.324 e. The Labute approximate surface area is 180 Å². The monoisotopic (exact) mass is 409 g/mol. The summed E-state index contributed by atoms with van der Waals surface area (Å²) in [4.78, 5) is 13.6. The number of hydrogen-bond donors (Lipinski definition) is 1. The van der Waals surface area contributed by atoms with Crippen LogP contribution in [-0.2, 0) is 5.54 Å². The van der Waals surface area contributed by atoms with Crippen LogP contribution in [-0.4, -0.2) is 29.3 Å². The number of benzene rings is 2. The van der Waals surface area contributed by atoms with E-state index >= 15 is 0 Å². The third-order valence-corrected chi connectivity index (χ3v) is 5.04. The maximum absolute atomic E-state index is 5.06. The summed E-state index contributed by atoms with van der Waals surface area (Å²) in [7, 11) is 0. The van der Waals surface area contributed by atoms with Gasteiger partial charge in [0, 0.05) is 41.6 Å². The normalized spacial score (nSPS) is 11.7. The lowest BCUT2D eigenvalue weighted by Gasteiger charge is -2.25. The molecule has 0 aliphatic rings. The van der Waals surface area contributed by atoms with Gasteiger partial charge < -0.3 is 9.88 Å². The Morgan fingerprint density at radius 2 is 1.68 bits per heavy atom. The topological polar surface area (TPSA) is 73.5 Å². The molecule has 3 aromatic heterocycles. The second kappa shape index (κ2) is 7.36. The highest BCUT2D eigenvalue weighted by Crippen LogP contribution is 2.35. The van der Waals surface area contributed by atoms with Crippen LogP contribution in [0.2, 0.25) is 0 Å². The number of hydrogen-bond acceptors (Lipinski definition) is 5. The Kier molecular flexibility index (Phi) is 4.51. The lowest BCUT2D eigenvalue weighted by atomic mass is 10.1. The van der Waals surface area contributed by atoms with Crippen molar-refractivity contribution in [3.8, 4) is 17.1 Å². The lowest BCUT2D eigenvalue weighted by Crippen LogP contribution is -2.23. The average molecular weight is 409 g/mol. The third-order valence-electron chi connectivity index (χ3n) is 5.04. The van der Waals surface area contributed by atoms with E-state index in [1.165, 1.54) is 0 Å². The predicted octanol–water partition coefficient (Wildman–Crippen LogP) is 5.18. The lowest BCUT2D eigenvalue weighted by molar-refractivity contribution is 0.413. The third kappa shape index (κ3) is 3.54. The van der Waals surface area contributed by atoms with Crippen molar-refractivity contribution in [1.29, 1.82) is 0 Å². The minimum Gasteiger partial charge on any atom is -0.324 e. The van der Waals surface area contributed by atoms with E-state index in [-0.39, 0.29) is 5.54 Å². The van der Waals surface area contributed by atoms with Crippen LogP contribution in [0, 0.1) is 0 Å². The fourth-order valence-corrected chi connectivity index (χ4v) is 3.78. The van der Waals surface area contributed by atoms with Gasteiger partial charge in [-0.15, -0.1) is 0 Å². The first-order chi connectivity index (χ1) is 15.0. The molecule has 0 atom stereocenters. The van der Waals surface area contributed by atoms with Crippen LogP contribution < -0.4 is 5.32 Å². The molecule has 154 valence electrons. The molecular weight excluding hydrogens is 386 g/mol. The average Bonchev–Trinajstić information content (AvgIpc) is 3.42. The van der Waals surface area contributed by atoms with E-state index in [1.807, 2.05) is 41.2 Å². The summed E-state index contributed by atoms with van der Waals surface area (Å²) in [5.74, 6) is 1.46. The summed E-state index contributed by atoms with van der Waals surface area (Å²) in [5, 5.41) is 7.69. The quantitative estimate of drug-likeness (QED) is 0.443. The van der Waals surface area contributed by atoms with Crippen molar-refractivity contribution in [3.63, 3.8) is 0 Å². The van der Waals surface area contributed by atoms with E-state index in [9.17, 15) is 0 Å². The highest BCUT2D eigenvalue weighted by molar-refractivity contribution is 5.86. The summed E-state index contributed by atoms with van der Waals surface area (Å²) >= 11 is 0. The Morgan fingerprint density at radius 1 is 0.871 bits per heavy atom. The number of aromatic nitrogens is 6. The van der Waals surface area contributed by atoms with Gasteiger partial charge in [0.1, 0.15) is 5.82 Å². The van der Waals surface area contributed by atoms with Crippen molar-refractivity contribution < 1.29 is 0 Å².